The van der Waals surface area contributed by atoms with Gasteiger partial charge >= 0.3 is 0 Å². The second-order valence-corrected chi connectivity index (χ2v) is 11.9. The monoisotopic (exact) mass is 589 g/mol. The number of ketones is 1. The normalized spacial score (nSPS) is 24.3. The van der Waals surface area contributed by atoms with Gasteiger partial charge in [0.1, 0.15) is 24.1 Å². The second-order valence-electron chi connectivity index (χ2n) is 11.9. The van der Waals surface area contributed by atoms with E-state index in [1.54, 1.807) is 17.0 Å². The minimum Gasteiger partial charge on any atom is -0.494 e. The average Bonchev–Trinajstić information content (AvgIpc) is 3.69. The summed E-state index contributed by atoms with van der Waals surface area (Å²) in [6, 6.07) is 15.5. The molecule has 5 rings (SSSR count). The first kappa shape index (κ1) is 30.6. The van der Waals surface area contributed by atoms with Crippen LogP contribution in [0.3, 0.4) is 0 Å². The third-order valence-corrected chi connectivity index (χ3v) is 8.69. The highest BCUT2D eigenvalue weighted by atomic mass is 16.5. The number of ether oxygens (including phenoxy) is 2. The van der Waals surface area contributed by atoms with Crippen LogP contribution in [0.4, 0.5) is 0 Å². The van der Waals surface area contributed by atoms with Crippen molar-refractivity contribution in [2.75, 3.05) is 19.8 Å². The summed E-state index contributed by atoms with van der Waals surface area (Å²) < 4.78 is 12.0. The molecule has 3 aliphatic rings. The molecule has 1 aliphatic carbocycles. The lowest BCUT2D eigenvalue weighted by Crippen LogP contribution is -2.52. The molecule has 0 radical (unpaired) electrons. The number of hydrogen-bond acceptors (Lipinski definition) is 6. The number of nitrogens with zero attached hydrogens (tertiary/aromatic N) is 1. The van der Waals surface area contributed by atoms with Gasteiger partial charge in [-0.3, -0.25) is 19.2 Å². The highest BCUT2D eigenvalue weighted by Crippen LogP contribution is 2.24. The van der Waals surface area contributed by atoms with Crippen molar-refractivity contribution >= 4 is 23.5 Å². The number of amides is 3. The van der Waals surface area contributed by atoms with Crippen molar-refractivity contribution in [1.82, 2.24) is 15.5 Å². The fourth-order valence-corrected chi connectivity index (χ4v) is 6.27. The fourth-order valence-electron chi connectivity index (χ4n) is 6.27. The molecule has 2 N–H and O–H groups in total. The molecule has 0 aromatic heterocycles. The van der Waals surface area contributed by atoms with E-state index in [1.165, 1.54) is 0 Å². The van der Waals surface area contributed by atoms with Crippen LogP contribution >= 0.6 is 0 Å². The zero-order chi connectivity index (χ0) is 30.0. The fraction of sp³-hybridized carbons (Fsp3) is 0.529. The largest absolute Gasteiger partial charge is 0.494 e. The topological polar surface area (TPSA) is 114 Å². The summed E-state index contributed by atoms with van der Waals surface area (Å²) in [4.78, 5) is 55.7. The van der Waals surface area contributed by atoms with Crippen molar-refractivity contribution in [1.29, 1.82) is 0 Å². The first-order chi connectivity index (χ1) is 21.0. The van der Waals surface area contributed by atoms with Crippen LogP contribution in [0.2, 0.25) is 0 Å². The van der Waals surface area contributed by atoms with Gasteiger partial charge in [0.05, 0.1) is 18.6 Å². The van der Waals surface area contributed by atoms with Crippen LogP contribution in [0.5, 0.6) is 11.5 Å². The Morgan fingerprint density at radius 2 is 1.72 bits per heavy atom. The number of carbonyl (C=O) groups excluding carboxylic acids is 4. The smallest absolute Gasteiger partial charge is 0.242 e. The molecule has 3 atom stereocenters. The summed E-state index contributed by atoms with van der Waals surface area (Å²) in [5, 5.41) is 6.10. The average molecular weight is 590 g/mol. The summed E-state index contributed by atoms with van der Waals surface area (Å²) in [7, 11) is 0. The Balaban J connectivity index is 1.41. The lowest BCUT2D eigenvalue weighted by molar-refractivity contribution is -0.139. The van der Waals surface area contributed by atoms with E-state index < -0.39 is 23.9 Å². The summed E-state index contributed by atoms with van der Waals surface area (Å²) in [6.07, 6.45) is 7.25. The molecule has 43 heavy (non-hydrogen) atoms. The number of rotatable bonds is 6. The minimum atomic E-state index is -0.836. The van der Waals surface area contributed by atoms with Crippen LogP contribution < -0.4 is 20.1 Å². The van der Waals surface area contributed by atoms with E-state index in [2.05, 4.69) is 10.6 Å². The zero-order valence-corrected chi connectivity index (χ0v) is 24.8. The van der Waals surface area contributed by atoms with Gasteiger partial charge in [0.2, 0.25) is 17.7 Å². The molecule has 2 aliphatic heterocycles. The Morgan fingerprint density at radius 3 is 2.49 bits per heavy atom. The molecule has 3 amide bonds. The van der Waals surface area contributed by atoms with E-state index in [1.807, 2.05) is 42.5 Å². The van der Waals surface area contributed by atoms with Gasteiger partial charge in [-0.2, -0.15) is 0 Å². The maximum absolute atomic E-state index is 14.0. The molecule has 9 heteroatoms. The van der Waals surface area contributed by atoms with E-state index >= 15 is 0 Å². The second kappa shape index (κ2) is 15.0. The summed E-state index contributed by atoms with van der Waals surface area (Å²) in [6.45, 7) is 0.948. The van der Waals surface area contributed by atoms with Crippen LogP contribution in [-0.4, -0.2) is 66.3 Å². The van der Waals surface area contributed by atoms with Gasteiger partial charge in [-0.1, -0.05) is 43.2 Å². The Morgan fingerprint density at radius 1 is 0.930 bits per heavy atom. The molecule has 1 saturated carbocycles. The lowest BCUT2D eigenvalue weighted by Gasteiger charge is -2.29. The number of carbonyl (C=O) groups is 4. The molecule has 0 spiro atoms. The number of nitrogens with one attached hydrogen (secondary N) is 2. The maximum Gasteiger partial charge on any atom is 0.242 e. The van der Waals surface area contributed by atoms with Crippen LogP contribution in [0, 0.1) is 5.92 Å². The Labute approximate surface area is 253 Å². The minimum absolute atomic E-state index is 0.0253. The van der Waals surface area contributed by atoms with E-state index in [-0.39, 0.29) is 36.7 Å². The molecular formula is C34H43N3O6. The van der Waals surface area contributed by atoms with Gasteiger partial charge in [0.15, 0.2) is 5.78 Å². The zero-order valence-electron chi connectivity index (χ0n) is 24.8. The van der Waals surface area contributed by atoms with Gasteiger partial charge < -0.3 is 25.0 Å². The van der Waals surface area contributed by atoms with Crippen molar-refractivity contribution in [2.24, 2.45) is 5.92 Å². The summed E-state index contributed by atoms with van der Waals surface area (Å²) >= 11 is 0. The first-order valence-corrected chi connectivity index (χ1v) is 15.8. The Bertz CT molecular complexity index is 1260. The van der Waals surface area contributed by atoms with Crippen molar-refractivity contribution < 1.29 is 28.7 Å². The summed E-state index contributed by atoms with van der Waals surface area (Å²) in [5.74, 6) is -0.368. The van der Waals surface area contributed by atoms with E-state index in [4.69, 9.17) is 9.47 Å². The number of Topliss-reactive ketones (excluding diaryl/α,β-unsaturated/α-hetero) is 1. The highest BCUT2D eigenvalue weighted by Gasteiger charge is 2.36. The Kier molecular flexibility index (Phi) is 10.7. The van der Waals surface area contributed by atoms with Gasteiger partial charge in [0, 0.05) is 31.8 Å². The molecule has 230 valence electrons. The molecule has 0 unspecified atom stereocenters. The lowest BCUT2D eigenvalue weighted by atomic mass is 9.93. The predicted molar refractivity (Wildman–Crippen MR) is 162 cm³/mol. The van der Waals surface area contributed by atoms with Gasteiger partial charge in [0.25, 0.3) is 0 Å². The third-order valence-electron chi connectivity index (χ3n) is 8.69. The third kappa shape index (κ3) is 8.58. The number of benzene rings is 2. The van der Waals surface area contributed by atoms with E-state index in [9.17, 15) is 19.2 Å². The van der Waals surface area contributed by atoms with Crippen molar-refractivity contribution in [3.63, 3.8) is 0 Å². The molecule has 2 heterocycles. The van der Waals surface area contributed by atoms with Gasteiger partial charge in [-0.05, 0) is 68.4 Å². The number of hydrogen-bond donors (Lipinski definition) is 2. The molecular weight excluding hydrogens is 546 g/mol. The van der Waals surface area contributed by atoms with Crippen LogP contribution in [-0.2, 0) is 25.6 Å². The maximum atomic E-state index is 14.0. The molecule has 1 saturated heterocycles. The van der Waals surface area contributed by atoms with Crippen LogP contribution in [0.15, 0.2) is 54.6 Å². The quantitative estimate of drug-likeness (QED) is 0.527. The van der Waals surface area contributed by atoms with Crippen molar-refractivity contribution in [3.05, 3.63) is 60.2 Å². The molecule has 9 nitrogen and oxygen atoms in total. The number of likely N-dealkylation sites (tertiary alicyclic amines) is 1. The van der Waals surface area contributed by atoms with E-state index in [0.717, 1.165) is 37.7 Å². The van der Waals surface area contributed by atoms with Crippen molar-refractivity contribution in [2.45, 2.75) is 88.8 Å². The molecule has 2 aromatic carbocycles. The predicted octanol–water partition coefficient (Wildman–Crippen LogP) is 3.98. The molecule has 2 bridgehead atoms. The SMILES string of the molecule is O=C1N[C@H](C(=O)NC2CCCC2)CCCCOc2cccc(c2)C[C@H](N2CCCC2=O)C(=O)C[C@H]1COc1ccccc1. The summed E-state index contributed by atoms with van der Waals surface area (Å²) in [5.41, 5.74) is 0.896. The standard InChI is InChI=1S/C34H43N3O6/c38-31-22-25(23-43-27-13-2-1-3-14-27)33(40)36-29(34(41)35-26-11-4-5-12-26)16-6-7-19-42-28-15-8-10-24(20-28)21-30(31)37-18-9-17-32(37)39/h1-3,8,10,13-15,20,25-26,29-30H,4-7,9,11-12,16-19,21-23H2,(H,35,41)(H,36,40)/t25-,29-,30-/m0/s1. The van der Waals surface area contributed by atoms with Crippen molar-refractivity contribution in [3.8, 4) is 11.5 Å². The molecule has 2 fully saturated rings. The van der Waals surface area contributed by atoms with Gasteiger partial charge in [-0.25, -0.2) is 0 Å². The molecule has 2 aromatic rings. The van der Waals surface area contributed by atoms with Gasteiger partial charge in [-0.15, -0.1) is 0 Å². The number of para-hydroxylation sites is 1. The van der Waals surface area contributed by atoms with Crippen LogP contribution in [0.25, 0.3) is 0 Å². The van der Waals surface area contributed by atoms with Crippen LogP contribution in [0.1, 0.15) is 69.8 Å². The number of fused-ring (bicyclic) bond motifs is 2. The Hall–Kier alpha value is -3.88. The van der Waals surface area contributed by atoms with E-state index in [0.29, 0.717) is 56.8 Å². The highest BCUT2D eigenvalue weighted by molar-refractivity contribution is 5.94. The first-order valence-electron chi connectivity index (χ1n) is 15.8.